The number of fused-ring (bicyclic) bond motifs is 8. The molecule has 3 aromatic rings. The summed E-state index contributed by atoms with van der Waals surface area (Å²) in [5, 5.41) is 38.5. The maximum atomic E-state index is 12.1. The number of allylic oxidation sites excluding steroid dienone is 3. The van der Waals surface area contributed by atoms with Gasteiger partial charge >= 0.3 is 23.9 Å². The third-order valence-corrected chi connectivity index (χ3v) is 9.09. The number of aromatic nitrogens is 4. The highest BCUT2D eigenvalue weighted by molar-refractivity contribution is 6.00. The van der Waals surface area contributed by atoms with E-state index < -0.39 is 30.3 Å². The van der Waals surface area contributed by atoms with Crippen molar-refractivity contribution >= 4 is 68.2 Å². The summed E-state index contributed by atoms with van der Waals surface area (Å²) in [6.45, 7) is 7.88. The van der Waals surface area contributed by atoms with E-state index in [1.807, 2.05) is 32.9 Å². The van der Waals surface area contributed by atoms with E-state index in [0.717, 1.165) is 50.8 Å². The Hall–Kier alpha value is -5.52. The molecule has 0 aliphatic carbocycles. The predicted molar refractivity (Wildman–Crippen MR) is 181 cm³/mol. The monoisotopic (exact) mass is 654 g/mol. The fourth-order valence-corrected chi connectivity index (χ4v) is 6.56. The van der Waals surface area contributed by atoms with Gasteiger partial charge in [-0.3, -0.25) is 19.2 Å². The Kier molecular flexibility index (Phi) is 9.64. The van der Waals surface area contributed by atoms with Crippen LogP contribution in [0.25, 0.3) is 44.4 Å². The number of hydrogen-bond acceptors (Lipinski definition) is 6. The van der Waals surface area contributed by atoms with Crippen LogP contribution in [0.3, 0.4) is 0 Å². The molecule has 0 fully saturated rings. The van der Waals surface area contributed by atoms with Crippen molar-refractivity contribution in [1.29, 1.82) is 0 Å². The molecule has 5 heterocycles. The van der Waals surface area contributed by atoms with Crippen LogP contribution in [-0.4, -0.2) is 64.2 Å². The normalized spacial score (nSPS) is 12.9. The minimum atomic E-state index is -1.13. The van der Waals surface area contributed by atoms with Crippen molar-refractivity contribution in [3.8, 4) is 0 Å². The number of nitrogens with zero attached hydrogens (tertiary/aromatic N) is 2. The Morgan fingerprint density at radius 2 is 1.04 bits per heavy atom. The minimum Gasteiger partial charge on any atom is -0.481 e. The average Bonchev–Trinajstić information content (AvgIpc) is 3.67. The number of aliphatic carboxylic acids is 4. The van der Waals surface area contributed by atoms with Gasteiger partial charge in [-0.15, -0.1) is 0 Å². The van der Waals surface area contributed by atoms with Crippen molar-refractivity contribution in [2.24, 2.45) is 0 Å². The Morgan fingerprint density at radius 1 is 0.562 bits per heavy atom. The Bertz CT molecular complexity index is 2100. The number of rotatable bonds is 12. The van der Waals surface area contributed by atoms with Gasteiger partial charge in [-0.05, 0) is 115 Å². The maximum Gasteiger partial charge on any atom is 0.307 e. The van der Waals surface area contributed by atoms with E-state index in [-0.39, 0.29) is 38.5 Å². The van der Waals surface area contributed by atoms with Crippen molar-refractivity contribution < 1.29 is 39.6 Å². The molecule has 0 saturated heterocycles. The van der Waals surface area contributed by atoms with Gasteiger partial charge in [0.05, 0.1) is 29.2 Å². The molecule has 8 bridgehead atoms. The quantitative estimate of drug-likeness (QED) is 0.124. The highest BCUT2D eigenvalue weighted by Crippen LogP contribution is 2.39. The van der Waals surface area contributed by atoms with Gasteiger partial charge in [0.2, 0.25) is 0 Å². The van der Waals surface area contributed by atoms with E-state index in [1.54, 1.807) is 12.1 Å². The summed E-state index contributed by atoms with van der Waals surface area (Å²) in [6.07, 6.45) is 0.204. The third-order valence-electron chi connectivity index (χ3n) is 9.09. The summed E-state index contributed by atoms with van der Waals surface area (Å²) in [5.41, 5.74) is 10.8. The van der Waals surface area contributed by atoms with Crippen LogP contribution in [0, 0.1) is 13.8 Å². The Labute approximate surface area is 275 Å². The molecule has 0 unspecified atom stereocenters. The predicted octanol–water partition coefficient (Wildman–Crippen LogP) is 6.56. The van der Waals surface area contributed by atoms with Crippen LogP contribution >= 0.6 is 0 Å². The number of aromatic amines is 2. The summed E-state index contributed by atoms with van der Waals surface area (Å²) in [6, 6.07) is 7.30. The smallest absolute Gasteiger partial charge is 0.307 e. The topological polar surface area (TPSA) is 207 Å². The van der Waals surface area contributed by atoms with Crippen LogP contribution in [0.15, 0.2) is 24.3 Å². The Balaban J connectivity index is 1.95. The summed E-state index contributed by atoms with van der Waals surface area (Å²) in [4.78, 5) is 63.8. The van der Waals surface area contributed by atoms with Crippen LogP contribution in [0.2, 0.25) is 0 Å². The SMILES string of the molecule is CCc1c(C)c2cc3nc(cc4nc(cc5[nH]c(cc1[nH]2)c(C)c5CCC(=O)O)C(CC(=O)O)=C4CCC(=O)O)C(CCC(=O)O)=C3C. The molecule has 0 aromatic carbocycles. The molecule has 6 N–H and O–H groups in total. The molecule has 0 amide bonds. The zero-order valence-electron chi connectivity index (χ0n) is 27.3. The number of carbonyl (C=O) groups is 4. The molecule has 0 spiro atoms. The van der Waals surface area contributed by atoms with Crippen molar-refractivity contribution in [1.82, 2.24) is 19.9 Å². The molecule has 2 aliphatic rings. The largest absolute Gasteiger partial charge is 0.481 e. The molecular weight excluding hydrogens is 616 g/mol. The van der Waals surface area contributed by atoms with Crippen LogP contribution in [-0.2, 0) is 32.0 Å². The average molecular weight is 655 g/mol. The van der Waals surface area contributed by atoms with Gasteiger partial charge < -0.3 is 30.4 Å². The van der Waals surface area contributed by atoms with Gasteiger partial charge in [0.1, 0.15) is 0 Å². The summed E-state index contributed by atoms with van der Waals surface area (Å²) in [7, 11) is 0. The van der Waals surface area contributed by atoms with Crippen LogP contribution in [0.5, 0.6) is 0 Å². The first-order chi connectivity index (χ1) is 22.8. The first-order valence-corrected chi connectivity index (χ1v) is 15.8. The lowest BCUT2D eigenvalue weighted by molar-refractivity contribution is -0.137. The van der Waals surface area contributed by atoms with E-state index in [1.165, 1.54) is 0 Å². The molecule has 12 heteroatoms. The number of carboxylic acid groups (broad SMARTS) is 4. The summed E-state index contributed by atoms with van der Waals surface area (Å²) < 4.78 is 0. The molecule has 5 rings (SSSR count). The van der Waals surface area contributed by atoms with Gasteiger partial charge in [-0.1, -0.05) is 6.92 Å². The second kappa shape index (κ2) is 13.7. The zero-order valence-corrected chi connectivity index (χ0v) is 27.3. The molecule has 3 aromatic heterocycles. The standard InChI is InChI=1S/C36H38N4O8/c1-5-20-17(2)25-13-26-18(3)21(6-9-33(41)42)29(38-26)15-31-23(8-11-35(45)46)24(12-36(47)48)32(40-31)16-30-22(7-10-34(43)44)19(4)27(39-30)14-28(20)37-25/h13-16,37,39H,5-12H2,1-4H3,(H,41,42)(H,43,44)(H,45,46)(H,47,48). The summed E-state index contributed by atoms with van der Waals surface area (Å²) >= 11 is 0. The first kappa shape index (κ1) is 33.8. The van der Waals surface area contributed by atoms with Gasteiger partial charge in [-0.25, -0.2) is 9.97 Å². The second-order valence-electron chi connectivity index (χ2n) is 12.1. The zero-order chi connectivity index (χ0) is 34.9. The molecular formula is C36H38N4O8. The fourth-order valence-electron chi connectivity index (χ4n) is 6.56. The molecule has 12 nitrogen and oxygen atoms in total. The van der Waals surface area contributed by atoms with Gasteiger partial charge in [-0.2, -0.15) is 0 Å². The van der Waals surface area contributed by atoms with E-state index in [9.17, 15) is 39.6 Å². The highest BCUT2D eigenvalue weighted by atomic mass is 16.4. The third kappa shape index (κ3) is 6.92. The van der Waals surface area contributed by atoms with Gasteiger partial charge in [0.25, 0.3) is 0 Å². The van der Waals surface area contributed by atoms with E-state index >= 15 is 0 Å². The number of nitrogens with one attached hydrogen (secondary N) is 2. The van der Waals surface area contributed by atoms with Gasteiger partial charge in [0, 0.05) is 41.3 Å². The number of aryl methyl sites for hydroxylation is 4. The van der Waals surface area contributed by atoms with Crippen LogP contribution in [0.1, 0.15) is 97.4 Å². The lowest BCUT2D eigenvalue weighted by Crippen LogP contribution is -2.00. The fraction of sp³-hybridized carbons (Fsp3) is 0.333. The number of hydrogen-bond donors (Lipinski definition) is 6. The lowest BCUT2D eigenvalue weighted by Gasteiger charge is -2.06. The van der Waals surface area contributed by atoms with E-state index in [4.69, 9.17) is 9.97 Å². The van der Waals surface area contributed by atoms with Crippen LogP contribution in [0.4, 0.5) is 0 Å². The molecule has 250 valence electrons. The Morgan fingerprint density at radius 3 is 1.65 bits per heavy atom. The highest BCUT2D eigenvalue weighted by Gasteiger charge is 2.25. The summed E-state index contributed by atoms with van der Waals surface area (Å²) in [5.74, 6) is -4.11. The van der Waals surface area contributed by atoms with Gasteiger partial charge in [0.15, 0.2) is 0 Å². The van der Waals surface area contributed by atoms with E-state index in [0.29, 0.717) is 45.0 Å². The number of carboxylic acids is 4. The second-order valence-corrected chi connectivity index (χ2v) is 12.1. The van der Waals surface area contributed by atoms with Crippen molar-refractivity contribution in [2.75, 3.05) is 0 Å². The molecule has 48 heavy (non-hydrogen) atoms. The van der Waals surface area contributed by atoms with Crippen molar-refractivity contribution in [3.05, 3.63) is 69.3 Å². The first-order valence-electron chi connectivity index (χ1n) is 15.8. The maximum absolute atomic E-state index is 12.1. The van der Waals surface area contributed by atoms with Crippen molar-refractivity contribution in [3.63, 3.8) is 0 Å². The molecule has 0 radical (unpaired) electrons. The van der Waals surface area contributed by atoms with Crippen LogP contribution < -0.4 is 0 Å². The van der Waals surface area contributed by atoms with E-state index in [2.05, 4.69) is 16.9 Å². The van der Waals surface area contributed by atoms with Crippen molar-refractivity contribution in [2.45, 2.75) is 79.1 Å². The molecule has 0 atom stereocenters. The molecule has 0 saturated carbocycles. The number of H-pyrrole nitrogens is 2. The lowest BCUT2D eigenvalue weighted by atomic mass is 9.96. The molecule has 2 aliphatic heterocycles. The minimum absolute atomic E-state index is 0.00630.